The molecule has 0 aliphatic rings. The lowest BCUT2D eigenvalue weighted by Crippen LogP contribution is -2.42. The largest absolute Gasteiger partial charge is 0.525 e. The minimum Gasteiger partial charge on any atom is -0.399 e. The van der Waals surface area contributed by atoms with Crippen LogP contribution in [0.3, 0.4) is 0 Å². The van der Waals surface area contributed by atoms with Crippen molar-refractivity contribution in [1.29, 1.82) is 0 Å². The summed E-state index contributed by atoms with van der Waals surface area (Å²) in [6.45, 7) is 3.58. The van der Waals surface area contributed by atoms with E-state index in [1.165, 1.54) is 0 Å². The van der Waals surface area contributed by atoms with Gasteiger partial charge in [0, 0.05) is 46.7 Å². The smallest absolute Gasteiger partial charge is 0.399 e. The molecule has 0 fully saturated rings. The highest BCUT2D eigenvalue weighted by Crippen LogP contribution is 2.18. The Morgan fingerprint density at radius 1 is 1.24 bits per heavy atom. The zero-order valence-electron chi connectivity index (χ0n) is 10.2. The van der Waals surface area contributed by atoms with Crippen LogP contribution in [0.1, 0.15) is 12.8 Å². The molecule has 0 amide bonds. The van der Waals surface area contributed by atoms with Crippen molar-refractivity contribution in [2.75, 3.05) is 21.3 Å². The Morgan fingerprint density at radius 2 is 1.76 bits per heavy atom. The van der Waals surface area contributed by atoms with Crippen molar-refractivity contribution >= 4 is 27.9 Å². The van der Waals surface area contributed by atoms with Crippen LogP contribution in [-0.4, -0.2) is 36.3 Å². The van der Waals surface area contributed by atoms with Crippen LogP contribution < -0.4 is 0 Å². The van der Waals surface area contributed by atoms with Gasteiger partial charge in [0.25, 0.3) is 0 Å². The Kier molecular flexibility index (Phi) is 8.26. The number of thiol groups is 1. The summed E-state index contributed by atoms with van der Waals surface area (Å²) in [5.41, 5.74) is 0. The second kappa shape index (κ2) is 8.53. The Hall–Kier alpha value is -0.543. The molecule has 6 nitrogen and oxygen atoms in total. The van der Waals surface area contributed by atoms with E-state index in [0.717, 1.165) is 0 Å². The van der Waals surface area contributed by atoms with E-state index in [2.05, 4.69) is 28.4 Å². The summed E-state index contributed by atoms with van der Waals surface area (Å²) in [6.07, 6.45) is 0.251. The normalized spacial score (nSPS) is 11.1. The monoisotopic (exact) mass is 282 g/mol. The van der Waals surface area contributed by atoms with Gasteiger partial charge in [-0.2, -0.15) is 0 Å². The van der Waals surface area contributed by atoms with Crippen molar-refractivity contribution in [2.45, 2.75) is 18.9 Å². The molecule has 0 saturated heterocycles. The minimum absolute atomic E-state index is 0.301. The maximum absolute atomic E-state index is 10.7. The van der Waals surface area contributed by atoms with Crippen molar-refractivity contribution in [3.8, 4) is 0 Å². The first-order valence-corrected chi connectivity index (χ1v) is 7.19. The Labute approximate surface area is 108 Å². The van der Waals surface area contributed by atoms with Crippen LogP contribution in [0.25, 0.3) is 0 Å². The topological polar surface area (TPSA) is 63.2 Å². The molecule has 0 aliphatic heterocycles. The van der Waals surface area contributed by atoms with E-state index < -0.39 is 15.0 Å². The van der Waals surface area contributed by atoms with Crippen molar-refractivity contribution < 1.29 is 27.0 Å². The molecule has 0 aromatic rings. The summed E-state index contributed by atoms with van der Waals surface area (Å²) in [5.74, 6) is 0.301. The van der Waals surface area contributed by atoms with E-state index >= 15 is 0 Å². The fourth-order valence-corrected chi connectivity index (χ4v) is 3.01. The Bertz CT molecular complexity index is 248. The molecular weight excluding hydrogens is 264 g/mol. The van der Waals surface area contributed by atoms with Crippen molar-refractivity contribution in [3.05, 3.63) is 12.3 Å². The SMILES string of the molecule is C=C(CCC[Si](OC)(OC)OC)OC(=O)OS. The van der Waals surface area contributed by atoms with Crippen LogP contribution in [0.2, 0.25) is 6.04 Å². The second-order valence-corrected chi connectivity index (χ2v) is 6.40. The molecule has 0 spiro atoms. The van der Waals surface area contributed by atoms with Crippen LogP contribution in [0.4, 0.5) is 4.79 Å². The van der Waals surface area contributed by atoms with E-state index in [4.69, 9.17) is 13.3 Å². The van der Waals surface area contributed by atoms with Gasteiger partial charge in [-0.25, -0.2) is 4.79 Å². The molecule has 100 valence electrons. The highest BCUT2D eigenvalue weighted by Gasteiger charge is 2.36. The number of allylic oxidation sites excluding steroid dienone is 1. The zero-order valence-corrected chi connectivity index (χ0v) is 12.1. The van der Waals surface area contributed by atoms with Crippen LogP contribution in [-0.2, 0) is 22.2 Å². The van der Waals surface area contributed by atoms with E-state index in [9.17, 15) is 4.79 Å². The summed E-state index contributed by atoms with van der Waals surface area (Å²) in [5, 5.41) is 0. The van der Waals surface area contributed by atoms with E-state index in [1.807, 2.05) is 0 Å². The van der Waals surface area contributed by atoms with E-state index in [1.54, 1.807) is 21.3 Å². The molecule has 0 aromatic carbocycles. The summed E-state index contributed by atoms with van der Waals surface area (Å²) in [6, 6.07) is 0.606. The summed E-state index contributed by atoms with van der Waals surface area (Å²) in [4.78, 5) is 10.7. The first-order valence-electron chi connectivity index (χ1n) is 4.90. The van der Waals surface area contributed by atoms with E-state index in [-0.39, 0.29) is 0 Å². The lowest BCUT2D eigenvalue weighted by atomic mass is 10.3. The lowest BCUT2D eigenvalue weighted by molar-refractivity contribution is 0.121. The highest BCUT2D eigenvalue weighted by atomic mass is 32.1. The molecule has 0 aromatic heterocycles. The molecule has 17 heavy (non-hydrogen) atoms. The maximum atomic E-state index is 10.7. The standard InChI is InChI=1S/C9H18O6SSi/c1-8(14-9(10)15-16)6-5-7-17(11-2,12-3)13-4/h16H,1,5-7H2,2-4H3. The summed E-state index contributed by atoms with van der Waals surface area (Å²) in [7, 11) is 2.07. The maximum Gasteiger partial charge on any atom is 0.525 e. The molecule has 0 N–H and O–H groups in total. The number of carbonyl (C=O) groups excluding carboxylic acids is 1. The fraction of sp³-hybridized carbons (Fsp3) is 0.667. The average Bonchev–Trinajstić information content (AvgIpc) is 2.35. The van der Waals surface area contributed by atoms with Crippen LogP contribution >= 0.6 is 12.9 Å². The lowest BCUT2D eigenvalue weighted by Gasteiger charge is -2.24. The first-order chi connectivity index (χ1) is 8.03. The molecule has 0 rings (SSSR count). The molecule has 0 unspecified atom stereocenters. The summed E-state index contributed by atoms with van der Waals surface area (Å²) < 4.78 is 24.4. The Morgan fingerprint density at radius 3 is 2.18 bits per heavy atom. The molecule has 0 saturated carbocycles. The van der Waals surface area contributed by atoms with Gasteiger partial charge in [-0.15, -0.1) is 0 Å². The fourth-order valence-electron chi connectivity index (χ4n) is 1.25. The summed E-state index contributed by atoms with van der Waals surface area (Å²) >= 11 is 3.30. The van der Waals surface area contributed by atoms with E-state index in [0.29, 0.717) is 24.6 Å². The van der Waals surface area contributed by atoms with Gasteiger partial charge in [0.15, 0.2) is 0 Å². The average molecular weight is 282 g/mol. The predicted molar refractivity (Wildman–Crippen MR) is 66.5 cm³/mol. The first kappa shape index (κ1) is 16.5. The molecular formula is C9H18O6SSi. The van der Waals surface area contributed by atoms with Gasteiger partial charge in [-0.3, -0.25) is 0 Å². The van der Waals surface area contributed by atoms with Gasteiger partial charge in [0.1, 0.15) is 5.76 Å². The quantitative estimate of drug-likeness (QED) is 0.242. The number of carbonyl (C=O) groups is 1. The third-order valence-electron chi connectivity index (χ3n) is 2.17. The number of hydrogen-bond donors (Lipinski definition) is 1. The number of rotatable bonds is 8. The number of hydrogen-bond acceptors (Lipinski definition) is 7. The van der Waals surface area contributed by atoms with Crippen molar-refractivity contribution in [3.63, 3.8) is 0 Å². The molecule has 8 heteroatoms. The zero-order chi connectivity index (χ0) is 13.3. The Balaban J connectivity index is 3.96. The van der Waals surface area contributed by atoms with Crippen molar-refractivity contribution in [1.82, 2.24) is 0 Å². The van der Waals surface area contributed by atoms with Gasteiger partial charge < -0.3 is 22.2 Å². The number of ether oxygens (including phenoxy) is 1. The molecule has 0 heterocycles. The van der Waals surface area contributed by atoms with Gasteiger partial charge in [-0.05, 0) is 6.42 Å². The van der Waals surface area contributed by atoms with Gasteiger partial charge in [-0.1, -0.05) is 6.58 Å². The molecule has 0 bridgehead atoms. The molecule has 0 aliphatic carbocycles. The van der Waals surface area contributed by atoms with Gasteiger partial charge in [0.05, 0.1) is 0 Å². The third kappa shape index (κ3) is 6.08. The molecule has 0 radical (unpaired) electrons. The van der Waals surface area contributed by atoms with Crippen LogP contribution in [0, 0.1) is 0 Å². The highest BCUT2D eigenvalue weighted by molar-refractivity contribution is 7.75. The van der Waals surface area contributed by atoms with Gasteiger partial charge >= 0.3 is 15.0 Å². The minimum atomic E-state index is -2.56. The second-order valence-electron chi connectivity index (χ2n) is 3.13. The van der Waals surface area contributed by atoms with Gasteiger partial charge in [0.2, 0.25) is 0 Å². The predicted octanol–water partition coefficient (Wildman–Crippen LogP) is 2.16. The van der Waals surface area contributed by atoms with Crippen LogP contribution in [0.5, 0.6) is 0 Å². The molecule has 0 atom stereocenters. The van der Waals surface area contributed by atoms with Crippen molar-refractivity contribution in [2.24, 2.45) is 0 Å². The van der Waals surface area contributed by atoms with Crippen LogP contribution in [0.15, 0.2) is 12.3 Å². The third-order valence-corrected chi connectivity index (χ3v) is 5.15.